The normalized spacial score (nSPS) is 10.6. The summed E-state index contributed by atoms with van der Waals surface area (Å²) in [6.07, 6.45) is 0. The van der Waals surface area contributed by atoms with E-state index in [9.17, 15) is 14.4 Å². The van der Waals surface area contributed by atoms with E-state index in [2.05, 4.69) is 10.3 Å². The van der Waals surface area contributed by atoms with Crippen LogP contribution in [0.2, 0.25) is 0 Å². The summed E-state index contributed by atoms with van der Waals surface area (Å²) in [5.74, 6) is -1.28. The predicted molar refractivity (Wildman–Crippen MR) is 88.6 cm³/mol. The van der Waals surface area contributed by atoms with Crippen LogP contribution in [0.25, 0.3) is 10.9 Å². The molecule has 0 aliphatic rings. The van der Waals surface area contributed by atoms with E-state index in [1.54, 1.807) is 48.5 Å². The van der Waals surface area contributed by atoms with Gasteiger partial charge in [0, 0.05) is 11.1 Å². The van der Waals surface area contributed by atoms with Gasteiger partial charge in [0.2, 0.25) is 5.91 Å². The minimum absolute atomic E-state index is 0.131. The molecule has 0 spiro atoms. The number of carbonyl (C=O) groups is 2. The van der Waals surface area contributed by atoms with Crippen LogP contribution in [0.5, 0.6) is 0 Å². The second-order valence-electron chi connectivity index (χ2n) is 5.25. The van der Waals surface area contributed by atoms with Crippen molar-refractivity contribution in [1.29, 1.82) is 0 Å². The van der Waals surface area contributed by atoms with Gasteiger partial charge in [-0.1, -0.05) is 35.5 Å². The number of nitrogens with two attached hydrogens (primary N) is 1. The molecule has 0 radical (unpaired) electrons. The Labute approximate surface area is 141 Å². The second-order valence-corrected chi connectivity index (χ2v) is 5.25. The van der Waals surface area contributed by atoms with Crippen molar-refractivity contribution in [2.75, 3.05) is 0 Å². The average molecular weight is 338 g/mol. The molecule has 3 rings (SSSR count). The van der Waals surface area contributed by atoms with E-state index in [4.69, 9.17) is 10.5 Å². The number of primary amides is 1. The molecule has 8 heteroatoms. The average Bonchev–Trinajstić information content (AvgIpc) is 2.63. The Balaban J connectivity index is 1.73. The maximum absolute atomic E-state index is 12.3. The van der Waals surface area contributed by atoms with Gasteiger partial charge in [0.05, 0.1) is 5.39 Å². The first-order valence-electron chi connectivity index (χ1n) is 7.42. The number of nitrogens with zero attached hydrogens (tertiary/aromatic N) is 3. The molecule has 1 aromatic heterocycles. The van der Waals surface area contributed by atoms with Crippen molar-refractivity contribution in [1.82, 2.24) is 15.0 Å². The third-order valence-electron chi connectivity index (χ3n) is 3.58. The lowest BCUT2D eigenvalue weighted by Crippen LogP contribution is -2.28. The molecule has 0 bridgehead atoms. The van der Waals surface area contributed by atoms with Gasteiger partial charge in [0.15, 0.2) is 0 Å². The molecule has 2 N–H and O–H groups in total. The third-order valence-corrected chi connectivity index (χ3v) is 3.58. The number of ether oxygens (including phenoxy) is 1. The molecule has 2 aromatic carbocycles. The lowest BCUT2D eigenvalue weighted by atomic mass is 10.1. The highest BCUT2D eigenvalue weighted by Crippen LogP contribution is 2.09. The number of rotatable bonds is 5. The van der Waals surface area contributed by atoms with E-state index in [1.165, 1.54) is 0 Å². The van der Waals surface area contributed by atoms with E-state index in [0.29, 0.717) is 16.5 Å². The van der Waals surface area contributed by atoms with Crippen LogP contribution >= 0.6 is 0 Å². The van der Waals surface area contributed by atoms with Gasteiger partial charge in [-0.2, -0.15) is 4.68 Å². The Morgan fingerprint density at radius 1 is 1.08 bits per heavy atom. The fourth-order valence-electron chi connectivity index (χ4n) is 2.34. The fourth-order valence-corrected chi connectivity index (χ4v) is 2.34. The number of hydrogen-bond donors (Lipinski definition) is 1. The highest BCUT2D eigenvalue weighted by molar-refractivity contribution is 5.94. The van der Waals surface area contributed by atoms with Gasteiger partial charge in [0.25, 0.3) is 5.56 Å². The summed E-state index contributed by atoms with van der Waals surface area (Å²) in [7, 11) is 0. The van der Waals surface area contributed by atoms with Crippen LogP contribution in [0.3, 0.4) is 0 Å². The molecule has 1 amide bonds. The van der Waals surface area contributed by atoms with Gasteiger partial charge in [-0.05, 0) is 18.2 Å². The molecule has 3 aromatic rings. The van der Waals surface area contributed by atoms with Crippen LogP contribution in [-0.2, 0) is 22.7 Å². The van der Waals surface area contributed by atoms with Crippen molar-refractivity contribution in [3.05, 3.63) is 70.0 Å². The molecule has 0 atom stereocenters. The summed E-state index contributed by atoms with van der Waals surface area (Å²) in [4.78, 5) is 35.6. The van der Waals surface area contributed by atoms with Gasteiger partial charge >= 0.3 is 5.97 Å². The minimum Gasteiger partial charge on any atom is -0.459 e. The van der Waals surface area contributed by atoms with E-state index in [1.807, 2.05) is 0 Å². The summed E-state index contributed by atoms with van der Waals surface area (Å²) in [5.41, 5.74) is 6.06. The van der Waals surface area contributed by atoms with Gasteiger partial charge in [-0.3, -0.25) is 14.4 Å². The van der Waals surface area contributed by atoms with Crippen LogP contribution in [-0.4, -0.2) is 26.9 Å². The summed E-state index contributed by atoms with van der Waals surface area (Å²) in [6.45, 7) is -0.511. The topological polar surface area (TPSA) is 117 Å². The SMILES string of the molecule is NC(=O)c1ccccc1COC(=O)Cn1nnc2ccccc2c1=O. The Kier molecular flexibility index (Phi) is 4.51. The van der Waals surface area contributed by atoms with Crippen molar-refractivity contribution in [2.45, 2.75) is 13.2 Å². The standard InChI is InChI=1S/C17H14N4O4/c18-16(23)12-6-2-1-5-11(12)10-25-15(22)9-21-17(24)13-7-3-4-8-14(13)19-20-21/h1-8H,9-10H2,(H2,18,23). The number of esters is 1. The molecule has 0 unspecified atom stereocenters. The fraction of sp³-hybridized carbons (Fsp3) is 0.118. The van der Waals surface area contributed by atoms with E-state index in [0.717, 1.165) is 4.68 Å². The first-order chi connectivity index (χ1) is 12.1. The molecule has 0 fully saturated rings. The first-order valence-corrected chi connectivity index (χ1v) is 7.42. The van der Waals surface area contributed by atoms with Crippen LogP contribution in [0.4, 0.5) is 0 Å². The van der Waals surface area contributed by atoms with Gasteiger partial charge in [-0.15, -0.1) is 5.10 Å². The summed E-state index contributed by atoms with van der Waals surface area (Å²) in [6, 6.07) is 13.3. The molecular weight excluding hydrogens is 324 g/mol. The Hall–Kier alpha value is -3.55. The van der Waals surface area contributed by atoms with Crippen molar-refractivity contribution in [3.63, 3.8) is 0 Å². The van der Waals surface area contributed by atoms with Crippen LogP contribution in [0.1, 0.15) is 15.9 Å². The maximum atomic E-state index is 12.3. The summed E-state index contributed by atoms with van der Waals surface area (Å²) in [5, 5.41) is 7.99. The molecule has 0 saturated carbocycles. The highest BCUT2D eigenvalue weighted by atomic mass is 16.5. The first kappa shape index (κ1) is 16.3. The van der Waals surface area contributed by atoms with Crippen molar-refractivity contribution >= 4 is 22.8 Å². The second kappa shape index (κ2) is 6.91. The predicted octanol–water partition coefficient (Wildman–Crippen LogP) is 0.634. The Morgan fingerprint density at radius 3 is 2.60 bits per heavy atom. The zero-order chi connectivity index (χ0) is 17.8. The van der Waals surface area contributed by atoms with Crippen LogP contribution in [0.15, 0.2) is 53.3 Å². The maximum Gasteiger partial charge on any atom is 0.328 e. The summed E-state index contributed by atoms with van der Waals surface area (Å²) < 4.78 is 6.05. The zero-order valence-electron chi connectivity index (χ0n) is 13.1. The Morgan fingerprint density at radius 2 is 1.80 bits per heavy atom. The van der Waals surface area contributed by atoms with Crippen LogP contribution < -0.4 is 11.3 Å². The largest absolute Gasteiger partial charge is 0.459 e. The van der Waals surface area contributed by atoms with Gasteiger partial charge in [0.1, 0.15) is 18.7 Å². The zero-order valence-corrected chi connectivity index (χ0v) is 13.1. The molecule has 0 aliphatic heterocycles. The number of fused-ring (bicyclic) bond motifs is 1. The number of hydrogen-bond acceptors (Lipinski definition) is 6. The number of amides is 1. The Bertz CT molecular complexity index is 1010. The van der Waals surface area contributed by atoms with Crippen LogP contribution in [0, 0.1) is 0 Å². The number of carbonyl (C=O) groups excluding carboxylic acids is 2. The molecule has 0 saturated heterocycles. The van der Waals surface area contributed by atoms with Crippen molar-refractivity contribution in [3.8, 4) is 0 Å². The van der Waals surface area contributed by atoms with Crippen molar-refractivity contribution < 1.29 is 14.3 Å². The van der Waals surface area contributed by atoms with E-state index >= 15 is 0 Å². The number of benzene rings is 2. The molecular formula is C17H14N4O4. The minimum atomic E-state index is -0.675. The lowest BCUT2D eigenvalue weighted by Gasteiger charge is -2.08. The summed E-state index contributed by atoms with van der Waals surface area (Å²) >= 11 is 0. The molecule has 126 valence electrons. The highest BCUT2D eigenvalue weighted by Gasteiger charge is 2.13. The van der Waals surface area contributed by atoms with E-state index < -0.39 is 17.4 Å². The monoisotopic (exact) mass is 338 g/mol. The molecule has 8 nitrogen and oxygen atoms in total. The molecule has 25 heavy (non-hydrogen) atoms. The molecule has 0 aliphatic carbocycles. The smallest absolute Gasteiger partial charge is 0.328 e. The lowest BCUT2D eigenvalue weighted by molar-refractivity contribution is -0.146. The van der Waals surface area contributed by atoms with Gasteiger partial charge in [-0.25, -0.2) is 0 Å². The number of aromatic nitrogens is 3. The van der Waals surface area contributed by atoms with E-state index in [-0.39, 0.29) is 18.7 Å². The van der Waals surface area contributed by atoms with Gasteiger partial charge < -0.3 is 10.5 Å². The quantitative estimate of drug-likeness (QED) is 0.682. The third kappa shape index (κ3) is 3.52. The van der Waals surface area contributed by atoms with Crippen molar-refractivity contribution in [2.24, 2.45) is 5.73 Å². The molecule has 1 heterocycles.